The minimum Gasteiger partial charge on any atom is -0.394 e. The lowest BCUT2D eigenvalue weighted by Crippen LogP contribution is -2.67. The molecule has 2 aromatic carbocycles. The zero-order chi connectivity index (χ0) is 23.6. The van der Waals surface area contributed by atoms with Gasteiger partial charge in [-0.2, -0.15) is 0 Å². The molecule has 3 rings (SSSR count). The van der Waals surface area contributed by atoms with Crippen LogP contribution < -0.4 is 10.4 Å². The summed E-state index contributed by atoms with van der Waals surface area (Å²) in [6.45, 7) is 10.3. The van der Waals surface area contributed by atoms with Crippen LogP contribution in [-0.4, -0.2) is 33.9 Å². The highest BCUT2D eigenvalue weighted by Crippen LogP contribution is 2.37. The highest BCUT2D eigenvalue weighted by molar-refractivity contribution is 6.99. The van der Waals surface area contributed by atoms with Crippen molar-refractivity contribution in [2.24, 2.45) is 0 Å². The number of ether oxygens (including phenoxy) is 2. The van der Waals surface area contributed by atoms with E-state index in [0.717, 1.165) is 45.1 Å². The van der Waals surface area contributed by atoms with E-state index >= 15 is 0 Å². The first-order valence-electron chi connectivity index (χ1n) is 12.5. The van der Waals surface area contributed by atoms with Gasteiger partial charge in [0.25, 0.3) is 8.32 Å². The second kappa shape index (κ2) is 12.5. The maximum Gasteiger partial charge on any atom is 0.262 e. The van der Waals surface area contributed by atoms with Crippen LogP contribution in [-0.2, 0) is 13.9 Å². The monoisotopic (exact) mass is 464 g/mol. The molecular formula is C29H40O3Si. The molecule has 0 aliphatic carbocycles. The van der Waals surface area contributed by atoms with E-state index in [0.29, 0.717) is 6.61 Å². The van der Waals surface area contributed by atoms with Gasteiger partial charge in [-0.25, -0.2) is 0 Å². The third-order valence-corrected chi connectivity index (χ3v) is 11.3. The van der Waals surface area contributed by atoms with Crippen molar-refractivity contribution in [1.29, 1.82) is 0 Å². The summed E-state index contributed by atoms with van der Waals surface area (Å²) in [5, 5.41) is 2.52. The molecule has 1 unspecified atom stereocenters. The third-order valence-electron chi connectivity index (χ3n) is 6.30. The quantitative estimate of drug-likeness (QED) is 0.354. The van der Waals surface area contributed by atoms with Crippen LogP contribution in [0.5, 0.6) is 0 Å². The van der Waals surface area contributed by atoms with Gasteiger partial charge in [-0.05, 0) is 41.1 Å². The van der Waals surface area contributed by atoms with Crippen LogP contribution in [0.2, 0.25) is 5.04 Å². The Morgan fingerprint density at radius 3 is 2.15 bits per heavy atom. The fraction of sp³-hybridized carbons (Fsp3) is 0.517. The maximum absolute atomic E-state index is 7.25. The van der Waals surface area contributed by atoms with Crippen molar-refractivity contribution in [2.75, 3.05) is 13.2 Å². The van der Waals surface area contributed by atoms with Crippen molar-refractivity contribution in [3.63, 3.8) is 0 Å². The Morgan fingerprint density at radius 1 is 1.00 bits per heavy atom. The Morgan fingerprint density at radius 2 is 1.64 bits per heavy atom. The molecule has 0 saturated carbocycles. The third kappa shape index (κ3) is 6.80. The van der Waals surface area contributed by atoms with Gasteiger partial charge in [-0.3, -0.25) is 0 Å². The van der Waals surface area contributed by atoms with E-state index in [1.165, 1.54) is 10.4 Å². The molecule has 178 valence electrons. The van der Waals surface area contributed by atoms with Crippen LogP contribution in [0.4, 0.5) is 0 Å². The lowest BCUT2D eigenvalue weighted by atomic mass is 10.2. The molecule has 1 saturated heterocycles. The number of hydrogen-bond acceptors (Lipinski definition) is 3. The zero-order valence-corrected chi connectivity index (χ0v) is 21.8. The lowest BCUT2D eigenvalue weighted by Gasteiger charge is -2.44. The standard InChI is InChI=1S/C29H40O3Si/c1-5-6-16-25(17-15-24-31-28-22-13-14-23-30-28)32-33(29(2,3)4,26-18-9-7-10-19-26)27-20-11-8-12-21-27/h7-12,18-21,25,28H,5-6,13-14,16,22-24H2,1-4H3/t25-,28?/m0/s1. The number of unbranched alkanes of at least 4 members (excludes halogenated alkanes) is 1. The molecule has 1 heterocycles. The number of rotatable bonds is 9. The highest BCUT2D eigenvalue weighted by atomic mass is 28.4. The molecule has 2 atom stereocenters. The van der Waals surface area contributed by atoms with Crippen molar-refractivity contribution in [3.8, 4) is 11.8 Å². The van der Waals surface area contributed by atoms with Crippen LogP contribution in [0.25, 0.3) is 0 Å². The van der Waals surface area contributed by atoms with Crippen LogP contribution in [0.1, 0.15) is 66.2 Å². The second-order valence-corrected chi connectivity index (χ2v) is 14.1. The predicted molar refractivity (Wildman–Crippen MR) is 139 cm³/mol. The van der Waals surface area contributed by atoms with Crippen molar-refractivity contribution in [3.05, 3.63) is 60.7 Å². The Bertz CT molecular complexity index is 834. The van der Waals surface area contributed by atoms with Gasteiger partial charge in [0, 0.05) is 6.61 Å². The van der Waals surface area contributed by atoms with E-state index in [1.54, 1.807) is 0 Å². The molecule has 33 heavy (non-hydrogen) atoms. The SMILES string of the molecule is CCCC[C@@H](C#CCOC1CCCCO1)O[Si](c1ccccc1)(c1ccccc1)C(C)(C)C. The summed E-state index contributed by atoms with van der Waals surface area (Å²) in [5.74, 6) is 6.71. The summed E-state index contributed by atoms with van der Waals surface area (Å²) in [6.07, 6.45) is 6.13. The van der Waals surface area contributed by atoms with Crippen LogP contribution in [0.15, 0.2) is 60.7 Å². The molecule has 0 N–H and O–H groups in total. The van der Waals surface area contributed by atoms with Gasteiger partial charge in [0.2, 0.25) is 0 Å². The molecule has 2 aromatic rings. The first-order chi connectivity index (χ1) is 16.0. The predicted octanol–water partition coefficient (Wildman–Crippen LogP) is 5.67. The van der Waals surface area contributed by atoms with Gasteiger partial charge in [0.15, 0.2) is 6.29 Å². The summed E-state index contributed by atoms with van der Waals surface area (Å²) in [7, 11) is -2.62. The fourth-order valence-corrected chi connectivity index (χ4v) is 9.21. The van der Waals surface area contributed by atoms with Crippen LogP contribution in [0.3, 0.4) is 0 Å². The van der Waals surface area contributed by atoms with Gasteiger partial charge in [0.1, 0.15) is 12.7 Å². The van der Waals surface area contributed by atoms with Crippen molar-refractivity contribution in [2.45, 2.75) is 83.7 Å². The smallest absolute Gasteiger partial charge is 0.262 e. The highest BCUT2D eigenvalue weighted by Gasteiger charge is 2.51. The lowest BCUT2D eigenvalue weighted by molar-refractivity contribution is -0.154. The van der Waals surface area contributed by atoms with Gasteiger partial charge >= 0.3 is 0 Å². The van der Waals surface area contributed by atoms with E-state index in [-0.39, 0.29) is 17.4 Å². The molecule has 0 aromatic heterocycles. The molecule has 1 aliphatic rings. The minimum atomic E-state index is -2.62. The molecule has 0 spiro atoms. The molecule has 0 radical (unpaired) electrons. The summed E-state index contributed by atoms with van der Waals surface area (Å²) < 4.78 is 18.8. The van der Waals surface area contributed by atoms with Gasteiger partial charge in [-0.1, -0.05) is 113 Å². The zero-order valence-electron chi connectivity index (χ0n) is 20.8. The minimum absolute atomic E-state index is 0.0612. The molecule has 1 aliphatic heterocycles. The van der Waals surface area contributed by atoms with E-state index < -0.39 is 8.32 Å². The Kier molecular flexibility index (Phi) is 9.76. The van der Waals surface area contributed by atoms with Crippen molar-refractivity contribution >= 4 is 18.7 Å². The van der Waals surface area contributed by atoms with Crippen molar-refractivity contribution < 1.29 is 13.9 Å². The molecule has 0 amide bonds. The molecule has 0 bridgehead atoms. The molecule has 3 nitrogen and oxygen atoms in total. The fourth-order valence-electron chi connectivity index (χ4n) is 4.59. The van der Waals surface area contributed by atoms with Gasteiger partial charge < -0.3 is 13.9 Å². The van der Waals surface area contributed by atoms with Crippen LogP contribution >= 0.6 is 0 Å². The van der Waals surface area contributed by atoms with E-state index in [9.17, 15) is 0 Å². The second-order valence-electron chi connectivity index (χ2n) is 9.84. The normalized spacial score (nSPS) is 17.8. The first kappa shape index (κ1) is 25.7. The van der Waals surface area contributed by atoms with E-state index in [4.69, 9.17) is 13.9 Å². The maximum atomic E-state index is 7.25. The molecule has 1 fully saturated rings. The summed E-state index contributed by atoms with van der Waals surface area (Å²) in [4.78, 5) is 0. The summed E-state index contributed by atoms with van der Waals surface area (Å²) in [5.41, 5.74) is 0. The Balaban J connectivity index is 1.91. The summed E-state index contributed by atoms with van der Waals surface area (Å²) in [6, 6.07) is 21.6. The topological polar surface area (TPSA) is 27.7 Å². The first-order valence-corrected chi connectivity index (χ1v) is 14.4. The largest absolute Gasteiger partial charge is 0.394 e. The van der Waals surface area contributed by atoms with Crippen molar-refractivity contribution in [1.82, 2.24) is 0 Å². The van der Waals surface area contributed by atoms with Gasteiger partial charge in [-0.15, -0.1) is 0 Å². The Labute approximate surface area is 202 Å². The average Bonchev–Trinajstić information content (AvgIpc) is 2.84. The van der Waals surface area contributed by atoms with E-state index in [2.05, 4.69) is 100 Å². The van der Waals surface area contributed by atoms with Gasteiger partial charge in [0.05, 0.1) is 0 Å². The van der Waals surface area contributed by atoms with Crippen LogP contribution in [0, 0.1) is 11.8 Å². The Hall–Kier alpha value is -1.90. The molecular weight excluding hydrogens is 424 g/mol. The summed E-state index contributed by atoms with van der Waals surface area (Å²) >= 11 is 0. The molecule has 4 heteroatoms. The number of hydrogen-bond donors (Lipinski definition) is 0. The number of benzene rings is 2. The average molecular weight is 465 g/mol. The van der Waals surface area contributed by atoms with E-state index in [1.807, 2.05) is 0 Å².